The number of thiazole rings is 1. The Balaban J connectivity index is 2.21. The molecule has 1 aromatic heterocycles. The van der Waals surface area contributed by atoms with Gasteiger partial charge in [0.2, 0.25) is 0 Å². The molecule has 0 aliphatic rings. The van der Waals surface area contributed by atoms with Gasteiger partial charge in [-0.1, -0.05) is 44.4 Å². The second-order valence-corrected chi connectivity index (χ2v) is 5.32. The largest absolute Gasteiger partial charge is 0.376 e. The first-order valence-corrected chi connectivity index (χ1v) is 7.10. The standard InChI is InChI=1S/C12H23N3OS/c1-3-5-6-10(4-2)8-16-9-11-7-14-12(15-13)17-11/h7,10H,3-6,8-9,13H2,1-2H3,(H,14,15). The fourth-order valence-corrected chi connectivity index (χ4v) is 2.33. The van der Waals surface area contributed by atoms with E-state index in [4.69, 9.17) is 10.6 Å². The molecule has 0 saturated heterocycles. The minimum Gasteiger partial charge on any atom is -0.376 e. The summed E-state index contributed by atoms with van der Waals surface area (Å²) >= 11 is 1.54. The van der Waals surface area contributed by atoms with E-state index in [1.54, 1.807) is 0 Å². The molecule has 0 bridgehead atoms. The number of unbranched alkanes of at least 4 members (excludes halogenated alkanes) is 1. The van der Waals surface area contributed by atoms with Crippen molar-refractivity contribution in [1.29, 1.82) is 0 Å². The summed E-state index contributed by atoms with van der Waals surface area (Å²) in [5.41, 5.74) is 2.54. The lowest BCUT2D eigenvalue weighted by Crippen LogP contribution is -2.08. The van der Waals surface area contributed by atoms with E-state index in [-0.39, 0.29) is 0 Å². The lowest BCUT2D eigenvalue weighted by Gasteiger charge is -2.13. The van der Waals surface area contributed by atoms with Gasteiger partial charge in [-0.05, 0) is 12.3 Å². The molecule has 98 valence electrons. The van der Waals surface area contributed by atoms with E-state index in [9.17, 15) is 0 Å². The Hall–Kier alpha value is -0.650. The molecule has 5 heteroatoms. The third-order valence-electron chi connectivity index (χ3n) is 2.82. The van der Waals surface area contributed by atoms with E-state index in [0.717, 1.165) is 16.6 Å². The van der Waals surface area contributed by atoms with Crippen molar-refractivity contribution < 1.29 is 4.74 Å². The second-order valence-electron chi connectivity index (χ2n) is 4.21. The van der Waals surface area contributed by atoms with Gasteiger partial charge >= 0.3 is 0 Å². The molecule has 0 radical (unpaired) electrons. The third kappa shape index (κ3) is 5.48. The molecule has 3 N–H and O–H groups in total. The van der Waals surface area contributed by atoms with Gasteiger partial charge in [-0.3, -0.25) is 5.43 Å². The number of hydrogen-bond acceptors (Lipinski definition) is 5. The van der Waals surface area contributed by atoms with Gasteiger partial charge in [0.1, 0.15) is 0 Å². The zero-order valence-corrected chi connectivity index (χ0v) is 11.6. The van der Waals surface area contributed by atoms with Crippen LogP contribution in [-0.2, 0) is 11.3 Å². The Bertz CT molecular complexity index is 304. The van der Waals surface area contributed by atoms with Crippen LogP contribution in [0.15, 0.2) is 6.20 Å². The van der Waals surface area contributed by atoms with Gasteiger partial charge in [0, 0.05) is 12.8 Å². The lowest BCUT2D eigenvalue weighted by molar-refractivity contribution is 0.0835. The van der Waals surface area contributed by atoms with Gasteiger partial charge in [0.25, 0.3) is 0 Å². The summed E-state index contributed by atoms with van der Waals surface area (Å²) in [5, 5.41) is 0.738. The normalized spacial score (nSPS) is 12.6. The summed E-state index contributed by atoms with van der Waals surface area (Å²) in [6.07, 6.45) is 6.83. The molecule has 0 aromatic carbocycles. The van der Waals surface area contributed by atoms with Crippen molar-refractivity contribution in [1.82, 2.24) is 4.98 Å². The predicted octanol–water partition coefficient (Wildman–Crippen LogP) is 3.16. The first kappa shape index (κ1) is 14.4. The Kier molecular flexibility index (Phi) is 7.16. The summed E-state index contributed by atoms with van der Waals surface area (Å²) in [6, 6.07) is 0. The molecule has 0 fully saturated rings. The summed E-state index contributed by atoms with van der Waals surface area (Å²) < 4.78 is 5.73. The van der Waals surface area contributed by atoms with Crippen LogP contribution in [-0.4, -0.2) is 11.6 Å². The number of nitrogens with one attached hydrogen (secondary N) is 1. The number of nitrogen functional groups attached to an aromatic ring is 1. The van der Waals surface area contributed by atoms with Gasteiger partial charge < -0.3 is 4.74 Å². The monoisotopic (exact) mass is 257 g/mol. The maximum absolute atomic E-state index is 5.73. The highest BCUT2D eigenvalue weighted by Crippen LogP contribution is 2.19. The molecule has 0 saturated carbocycles. The highest BCUT2D eigenvalue weighted by atomic mass is 32.1. The van der Waals surface area contributed by atoms with Gasteiger partial charge in [0.05, 0.1) is 11.5 Å². The van der Waals surface area contributed by atoms with Crippen LogP contribution in [0, 0.1) is 5.92 Å². The molecular formula is C12H23N3OS. The van der Waals surface area contributed by atoms with E-state index >= 15 is 0 Å². The first-order chi connectivity index (χ1) is 8.30. The van der Waals surface area contributed by atoms with E-state index in [0.29, 0.717) is 12.5 Å². The zero-order valence-electron chi connectivity index (χ0n) is 10.7. The molecule has 1 aromatic rings. The lowest BCUT2D eigenvalue weighted by atomic mass is 10.0. The molecule has 4 nitrogen and oxygen atoms in total. The van der Waals surface area contributed by atoms with Crippen molar-refractivity contribution in [2.75, 3.05) is 12.0 Å². The minimum absolute atomic E-state index is 0.641. The summed E-state index contributed by atoms with van der Waals surface area (Å²) in [7, 11) is 0. The average molecular weight is 257 g/mol. The Morgan fingerprint density at radius 1 is 1.53 bits per heavy atom. The van der Waals surface area contributed by atoms with Crippen molar-refractivity contribution in [3.63, 3.8) is 0 Å². The number of ether oxygens (including phenoxy) is 1. The molecule has 1 atom stereocenters. The third-order valence-corrected chi connectivity index (χ3v) is 3.72. The molecule has 0 aliphatic carbocycles. The quantitative estimate of drug-likeness (QED) is 0.527. The minimum atomic E-state index is 0.641. The van der Waals surface area contributed by atoms with Crippen molar-refractivity contribution in [3.8, 4) is 0 Å². The number of rotatable bonds is 9. The smallest absolute Gasteiger partial charge is 0.197 e. The number of hydrazine groups is 1. The van der Waals surface area contributed by atoms with Gasteiger partial charge in [-0.15, -0.1) is 0 Å². The van der Waals surface area contributed by atoms with Crippen molar-refractivity contribution in [2.24, 2.45) is 11.8 Å². The number of nitrogens with two attached hydrogens (primary N) is 1. The molecule has 1 rings (SSSR count). The molecule has 0 amide bonds. The van der Waals surface area contributed by atoms with Crippen LogP contribution in [0.1, 0.15) is 44.4 Å². The van der Waals surface area contributed by atoms with E-state index in [1.165, 1.54) is 37.0 Å². The van der Waals surface area contributed by atoms with Gasteiger partial charge in [-0.2, -0.15) is 0 Å². The van der Waals surface area contributed by atoms with Crippen LogP contribution in [0.2, 0.25) is 0 Å². The number of aromatic nitrogens is 1. The number of nitrogens with zero attached hydrogens (tertiary/aromatic N) is 1. The fourth-order valence-electron chi connectivity index (χ4n) is 1.67. The molecule has 0 aliphatic heterocycles. The molecular weight excluding hydrogens is 234 g/mol. The van der Waals surface area contributed by atoms with E-state index < -0.39 is 0 Å². The average Bonchev–Trinajstić information content (AvgIpc) is 2.81. The van der Waals surface area contributed by atoms with E-state index in [2.05, 4.69) is 24.3 Å². The summed E-state index contributed by atoms with van der Waals surface area (Å²) in [6.45, 7) is 5.95. The predicted molar refractivity (Wildman–Crippen MR) is 72.9 cm³/mol. The van der Waals surface area contributed by atoms with Gasteiger partial charge in [-0.25, -0.2) is 10.8 Å². The topological polar surface area (TPSA) is 60.2 Å². The summed E-state index contributed by atoms with van der Waals surface area (Å²) in [5.74, 6) is 5.96. The highest BCUT2D eigenvalue weighted by molar-refractivity contribution is 7.15. The second kappa shape index (κ2) is 8.44. The molecule has 0 spiro atoms. The number of hydrogen-bond donors (Lipinski definition) is 2. The first-order valence-electron chi connectivity index (χ1n) is 6.29. The maximum atomic E-state index is 5.73. The van der Waals surface area contributed by atoms with Crippen LogP contribution in [0.4, 0.5) is 5.13 Å². The molecule has 1 unspecified atom stereocenters. The molecule has 1 heterocycles. The Morgan fingerprint density at radius 3 is 2.94 bits per heavy atom. The van der Waals surface area contributed by atoms with Gasteiger partial charge in [0.15, 0.2) is 5.13 Å². The molecule has 17 heavy (non-hydrogen) atoms. The maximum Gasteiger partial charge on any atom is 0.197 e. The van der Waals surface area contributed by atoms with Crippen molar-refractivity contribution >= 4 is 16.5 Å². The SMILES string of the molecule is CCCCC(CC)COCc1cnc(NN)s1. The zero-order chi connectivity index (χ0) is 12.5. The highest BCUT2D eigenvalue weighted by Gasteiger charge is 2.07. The Labute approximate surface area is 108 Å². The Morgan fingerprint density at radius 2 is 2.35 bits per heavy atom. The van der Waals surface area contributed by atoms with Crippen LogP contribution < -0.4 is 11.3 Å². The van der Waals surface area contributed by atoms with Crippen LogP contribution >= 0.6 is 11.3 Å². The number of anilines is 1. The van der Waals surface area contributed by atoms with Crippen LogP contribution in [0.3, 0.4) is 0 Å². The fraction of sp³-hybridized carbons (Fsp3) is 0.750. The van der Waals surface area contributed by atoms with Crippen molar-refractivity contribution in [2.45, 2.75) is 46.1 Å². The summed E-state index contributed by atoms with van der Waals surface area (Å²) in [4.78, 5) is 5.22. The van der Waals surface area contributed by atoms with E-state index in [1.807, 2.05) is 6.20 Å². The van der Waals surface area contributed by atoms with Crippen molar-refractivity contribution in [3.05, 3.63) is 11.1 Å². The van der Waals surface area contributed by atoms with Crippen LogP contribution in [0.25, 0.3) is 0 Å². The van der Waals surface area contributed by atoms with Crippen LogP contribution in [0.5, 0.6) is 0 Å².